The zero-order valence-electron chi connectivity index (χ0n) is 14.0. The minimum atomic E-state index is -0.0653. The first kappa shape index (κ1) is 16.4. The van der Waals surface area contributed by atoms with Crippen molar-refractivity contribution in [2.75, 3.05) is 5.32 Å². The molecule has 0 unspecified atom stereocenters. The van der Waals surface area contributed by atoms with Crippen LogP contribution in [0.25, 0.3) is 5.13 Å². The van der Waals surface area contributed by atoms with E-state index in [4.69, 9.17) is 0 Å². The van der Waals surface area contributed by atoms with Crippen LogP contribution in [0.2, 0.25) is 0 Å². The molecule has 0 spiro atoms. The van der Waals surface area contributed by atoms with Gasteiger partial charge in [0.1, 0.15) is 0 Å². The monoisotopic (exact) mass is 340 g/mol. The first-order valence-corrected chi connectivity index (χ1v) is 8.80. The van der Waals surface area contributed by atoms with Crippen LogP contribution < -0.4 is 5.32 Å². The number of nitrogens with one attached hydrogen (secondary N) is 1. The van der Waals surface area contributed by atoms with E-state index in [1.54, 1.807) is 0 Å². The summed E-state index contributed by atoms with van der Waals surface area (Å²) in [6, 6.07) is 9.92. The Hall–Kier alpha value is -2.47. The summed E-state index contributed by atoms with van der Waals surface area (Å²) in [6.07, 6.45) is 1.24. The third-order valence-corrected chi connectivity index (χ3v) is 4.58. The van der Waals surface area contributed by atoms with E-state index < -0.39 is 0 Å². The van der Waals surface area contributed by atoms with E-state index in [2.05, 4.69) is 22.3 Å². The zero-order chi connectivity index (χ0) is 17.1. The van der Waals surface area contributed by atoms with Crippen molar-refractivity contribution >= 4 is 22.9 Å². The van der Waals surface area contributed by atoms with Crippen molar-refractivity contribution in [3.8, 4) is 5.13 Å². The number of benzene rings is 1. The van der Waals surface area contributed by atoms with Crippen molar-refractivity contribution in [3.05, 3.63) is 58.4 Å². The number of thiazole rings is 1. The Labute approximate surface area is 145 Å². The number of anilines is 1. The van der Waals surface area contributed by atoms with Gasteiger partial charge < -0.3 is 5.32 Å². The molecule has 0 atom stereocenters. The topological polar surface area (TPSA) is 59.8 Å². The molecule has 0 aliphatic carbocycles. The molecule has 0 radical (unpaired) electrons. The lowest BCUT2D eigenvalue weighted by Crippen LogP contribution is -2.14. The van der Waals surface area contributed by atoms with E-state index in [1.807, 2.05) is 54.2 Å². The van der Waals surface area contributed by atoms with Crippen molar-refractivity contribution in [1.29, 1.82) is 0 Å². The fraction of sp³-hybridized carbons (Fsp3) is 0.278. The molecule has 24 heavy (non-hydrogen) atoms. The number of rotatable bonds is 5. The molecule has 0 fully saturated rings. The van der Waals surface area contributed by atoms with Gasteiger partial charge in [-0.25, -0.2) is 9.67 Å². The average Bonchev–Trinajstić information content (AvgIpc) is 3.14. The molecular weight excluding hydrogens is 320 g/mol. The van der Waals surface area contributed by atoms with Gasteiger partial charge in [0.15, 0.2) is 0 Å². The van der Waals surface area contributed by atoms with Gasteiger partial charge in [0, 0.05) is 16.8 Å². The molecule has 1 amide bonds. The number of carbonyl (C=O) groups excluding carboxylic acids is 1. The van der Waals surface area contributed by atoms with Crippen LogP contribution in [-0.2, 0) is 17.6 Å². The minimum absolute atomic E-state index is 0.0653. The fourth-order valence-corrected chi connectivity index (χ4v) is 3.32. The molecule has 3 rings (SSSR count). The van der Waals surface area contributed by atoms with Crippen LogP contribution in [-0.4, -0.2) is 20.7 Å². The van der Waals surface area contributed by atoms with Crippen molar-refractivity contribution in [2.45, 2.75) is 33.6 Å². The van der Waals surface area contributed by atoms with E-state index >= 15 is 0 Å². The molecule has 6 heteroatoms. The second kappa shape index (κ2) is 6.97. The van der Waals surface area contributed by atoms with E-state index in [9.17, 15) is 4.79 Å². The molecule has 0 aliphatic rings. The van der Waals surface area contributed by atoms with Gasteiger partial charge in [-0.05, 0) is 44.0 Å². The summed E-state index contributed by atoms with van der Waals surface area (Å²) in [4.78, 5) is 16.7. The normalized spacial score (nSPS) is 10.8. The number of carbonyl (C=O) groups is 1. The Morgan fingerprint density at radius 1 is 1.25 bits per heavy atom. The highest BCUT2D eigenvalue weighted by Gasteiger charge is 2.11. The Morgan fingerprint density at radius 2 is 2.00 bits per heavy atom. The van der Waals surface area contributed by atoms with Crippen LogP contribution in [0, 0.1) is 13.8 Å². The lowest BCUT2D eigenvalue weighted by atomic mass is 10.1. The molecule has 2 heterocycles. The van der Waals surface area contributed by atoms with Gasteiger partial charge in [-0.15, -0.1) is 11.3 Å². The van der Waals surface area contributed by atoms with Crippen molar-refractivity contribution in [3.63, 3.8) is 0 Å². The maximum absolute atomic E-state index is 12.2. The highest BCUT2D eigenvalue weighted by atomic mass is 32.1. The summed E-state index contributed by atoms with van der Waals surface area (Å²) in [6.45, 7) is 6.05. The minimum Gasteiger partial charge on any atom is -0.326 e. The van der Waals surface area contributed by atoms with Crippen LogP contribution in [0.15, 0.2) is 35.7 Å². The Kier molecular flexibility index (Phi) is 4.76. The molecule has 5 nitrogen and oxygen atoms in total. The first-order chi connectivity index (χ1) is 11.5. The molecule has 0 saturated carbocycles. The SMILES string of the molecule is CCc1ccc(NC(=O)Cc2csc(-n3nc(C)cc3C)n2)cc1. The van der Waals surface area contributed by atoms with Crippen LogP contribution in [0.1, 0.15) is 29.6 Å². The molecule has 0 saturated heterocycles. The van der Waals surface area contributed by atoms with Gasteiger partial charge >= 0.3 is 0 Å². The maximum atomic E-state index is 12.2. The second-order valence-corrected chi connectivity index (χ2v) is 6.57. The molecule has 0 bridgehead atoms. The zero-order valence-corrected chi connectivity index (χ0v) is 14.9. The number of hydrogen-bond acceptors (Lipinski definition) is 4. The van der Waals surface area contributed by atoms with Crippen molar-refractivity contribution in [1.82, 2.24) is 14.8 Å². The molecule has 3 aromatic rings. The van der Waals surface area contributed by atoms with Gasteiger partial charge in [-0.2, -0.15) is 5.10 Å². The lowest BCUT2D eigenvalue weighted by molar-refractivity contribution is -0.115. The summed E-state index contributed by atoms with van der Waals surface area (Å²) < 4.78 is 1.81. The number of nitrogens with zero attached hydrogens (tertiary/aromatic N) is 3. The van der Waals surface area contributed by atoms with Gasteiger partial charge in [-0.1, -0.05) is 19.1 Å². The number of hydrogen-bond donors (Lipinski definition) is 1. The summed E-state index contributed by atoms with van der Waals surface area (Å²) in [5.74, 6) is -0.0653. The van der Waals surface area contributed by atoms with Gasteiger partial charge in [0.05, 0.1) is 17.8 Å². The molecule has 124 valence electrons. The maximum Gasteiger partial charge on any atom is 0.230 e. The number of aromatic nitrogens is 3. The summed E-state index contributed by atoms with van der Waals surface area (Å²) in [7, 11) is 0. The summed E-state index contributed by atoms with van der Waals surface area (Å²) in [5.41, 5.74) is 4.81. The Balaban J connectivity index is 1.65. The second-order valence-electron chi connectivity index (χ2n) is 5.74. The number of amides is 1. The summed E-state index contributed by atoms with van der Waals surface area (Å²) in [5, 5.41) is 10.0. The molecule has 0 aliphatic heterocycles. The number of aryl methyl sites for hydroxylation is 3. The third kappa shape index (κ3) is 3.71. The highest BCUT2D eigenvalue weighted by molar-refractivity contribution is 7.12. The lowest BCUT2D eigenvalue weighted by Gasteiger charge is -2.05. The predicted molar refractivity (Wildman–Crippen MR) is 96.9 cm³/mol. The largest absolute Gasteiger partial charge is 0.326 e. The van der Waals surface area contributed by atoms with E-state index in [0.717, 1.165) is 34.3 Å². The van der Waals surface area contributed by atoms with Gasteiger partial charge in [0.25, 0.3) is 0 Å². The molecule has 1 N–H and O–H groups in total. The van der Waals surface area contributed by atoms with E-state index in [-0.39, 0.29) is 12.3 Å². The van der Waals surface area contributed by atoms with Gasteiger partial charge in [0.2, 0.25) is 11.0 Å². The predicted octanol–water partition coefficient (Wildman–Crippen LogP) is 3.69. The average molecular weight is 340 g/mol. The smallest absolute Gasteiger partial charge is 0.230 e. The Morgan fingerprint density at radius 3 is 2.62 bits per heavy atom. The molecule has 1 aromatic carbocycles. The van der Waals surface area contributed by atoms with Crippen LogP contribution in [0.5, 0.6) is 0 Å². The third-order valence-electron chi connectivity index (χ3n) is 3.72. The van der Waals surface area contributed by atoms with Gasteiger partial charge in [-0.3, -0.25) is 4.79 Å². The molecule has 2 aromatic heterocycles. The standard InChI is InChI=1S/C18H20N4OS/c1-4-14-5-7-15(8-6-14)19-17(23)10-16-11-24-18(20-16)22-13(3)9-12(2)21-22/h5-9,11H,4,10H2,1-3H3,(H,19,23). The van der Waals surface area contributed by atoms with Crippen LogP contribution >= 0.6 is 11.3 Å². The Bertz CT molecular complexity index is 848. The van der Waals surface area contributed by atoms with Crippen molar-refractivity contribution in [2.24, 2.45) is 0 Å². The van der Waals surface area contributed by atoms with Crippen LogP contribution in [0.3, 0.4) is 0 Å². The quantitative estimate of drug-likeness (QED) is 0.770. The van der Waals surface area contributed by atoms with E-state index in [0.29, 0.717) is 0 Å². The van der Waals surface area contributed by atoms with Crippen LogP contribution in [0.4, 0.5) is 5.69 Å². The van der Waals surface area contributed by atoms with Crippen molar-refractivity contribution < 1.29 is 4.79 Å². The first-order valence-electron chi connectivity index (χ1n) is 7.92. The highest BCUT2D eigenvalue weighted by Crippen LogP contribution is 2.18. The molecular formula is C18H20N4OS. The van der Waals surface area contributed by atoms with E-state index in [1.165, 1.54) is 16.9 Å². The fourth-order valence-electron chi connectivity index (χ4n) is 2.49. The summed E-state index contributed by atoms with van der Waals surface area (Å²) >= 11 is 1.49.